The van der Waals surface area contributed by atoms with Gasteiger partial charge in [0.25, 0.3) is 0 Å². The summed E-state index contributed by atoms with van der Waals surface area (Å²) in [6, 6.07) is 0. The van der Waals surface area contributed by atoms with Crippen LogP contribution in [0.2, 0.25) is 0 Å². The molecule has 0 radical (unpaired) electrons. The van der Waals surface area contributed by atoms with Crippen LogP contribution in [-0.4, -0.2) is 30.1 Å². The Balaban J connectivity index is 2.00. The van der Waals surface area contributed by atoms with Gasteiger partial charge in [0.1, 0.15) is 0 Å². The molecule has 0 atom stereocenters. The quantitative estimate of drug-likeness (QED) is 0.867. The summed E-state index contributed by atoms with van der Waals surface area (Å²) in [5.41, 5.74) is 7.13. The summed E-state index contributed by atoms with van der Waals surface area (Å²) < 4.78 is 0. The molecule has 0 saturated heterocycles. The second kappa shape index (κ2) is 5.22. The first kappa shape index (κ1) is 13.3. The Bertz CT molecular complexity index is 381. The average Bonchev–Trinajstić information content (AvgIpc) is 2.27. The zero-order valence-electron chi connectivity index (χ0n) is 11.7. The molecule has 0 amide bonds. The lowest BCUT2D eigenvalue weighted by atomic mass is 9.81. The summed E-state index contributed by atoms with van der Waals surface area (Å²) >= 11 is 0. The maximum absolute atomic E-state index is 5.75. The summed E-state index contributed by atoms with van der Waals surface area (Å²) in [5.74, 6) is 1.49. The number of nitrogens with two attached hydrogens (primary N) is 1. The standard InChI is InChI=1S/C14H24N4/c1-14(2,9-15)10-18(3)13-16-7-12(8-17-13)11-5-4-6-11/h7-8,11H,4-6,9-10,15H2,1-3H3. The molecule has 0 bridgehead atoms. The molecular weight excluding hydrogens is 224 g/mol. The molecule has 4 nitrogen and oxygen atoms in total. The molecule has 1 saturated carbocycles. The summed E-state index contributed by atoms with van der Waals surface area (Å²) in [4.78, 5) is 11.0. The molecule has 1 aliphatic rings. The first-order valence-electron chi connectivity index (χ1n) is 6.75. The van der Waals surface area contributed by atoms with Crippen molar-refractivity contribution >= 4 is 5.95 Å². The third-order valence-corrected chi connectivity index (χ3v) is 3.79. The Hall–Kier alpha value is -1.16. The van der Waals surface area contributed by atoms with E-state index in [1.165, 1.54) is 24.8 Å². The fourth-order valence-corrected chi connectivity index (χ4v) is 2.26. The van der Waals surface area contributed by atoms with Crippen molar-refractivity contribution < 1.29 is 0 Å². The lowest BCUT2D eigenvalue weighted by molar-refractivity contribution is 0.383. The van der Waals surface area contributed by atoms with Crippen LogP contribution >= 0.6 is 0 Å². The maximum Gasteiger partial charge on any atom is 0.225 e. The van der Waals surface area contributed by atoms with Crippen molar-refractivity contribution in [3.8, 4) is 0 Å². The number of rotatable bonds is 5. The molecule has 1 aromatic heterocycles. The Morgan fingerprint density at radius 3 is 2.39 bits per heavy atom. The van der Waals surface area contributed by atoms with Crippen molar-refractivity contribution in [2.75, 3.05) is 25.0 Å². The van der Waals surface area contributed by atoms with Crippen molar-refractivity contribution in [2.24, 2.45) is 11.1 Å². The lowest BCUT2D eigenvalue weighted by Gasteiger charge is -2.29. The van der Waals surface area contributed by atoms with Crippen LogP contribution in [0.5, 0.6) is 0 Å². The Morgan fingerprint density at radius 2 is 1.94 bits per heavy atom. The SMILES string of the molecule is CN(CC(C)(C)CN)c1ncc(C2CCC2)cn1. The minimum absolute atomic E-state index is 0.0880. The molecule has 4 heteroatoms. The van der Waals surface area contributed by atoms with E-state index < -0.39 is 0 Å². The molecule has 1 fully saturated rings. The third kappa shape index (κ3) is 2.99. The van der Waals surface area contributed by atoms with E-state index in [9.17, 15) is 0 Å². The monoisotopic (exact) mass is 248 g/mol. The third-order valence-electron chi connectivity index (χ3n) is 3.79. The zero-order chi connectivity index (χ0) is 13.2. The van der Waals surface area contributed by atoms with Gasteiger partial charge >= 0.3 is 0 Å². The van der Waals surface area contributed by atoms with E-state index in [1.807, 2.05) is 19.4 Å². The molecule has 1 aliphatic carbocycles. The molecule has 100 valence electrons. The van der Waals surface area contributed by atoms with Gasteiger partial charge in [-0.25, -0.2) is 9.97 Å². The van der Waals surface area contributed by atoms with Crippen LogP contribution in [0.1, 0.15) is 44.6 Å². The van der Waals surface area contributed by atoms with Crippen LogP contribution in [0.3, 0.4) is 0 Å². The normalized spacial score (nSPS) is 16.4. The summed E-state index contributed by atoms with van der Waals surface area (Å²) in [6.45, 7) is 5.85. The largest absolute Gasteiger partial charge is 0.343 e. The first-order valence-corrected chi connectivity index (χ1v) is 6.75. The average molecular weight is 248 g/mol. The van der Waals surface area contributed by atoms with Crippen molar-refractivity contribution in [1.82, 2.24) is 9.97 Å². The van der Waals surface area contributed by atoms with Crippen molar-refractivity contribution in [2.45, 2.75) is 39.0 Å². The minimum Gasteiger partial charge on any atom is -0.343 e. The number of nitrogens with zero attached hydrogens (tertiary/aromatic N) is 3. The molecule has 1 aromatic rings. The lowest BCUT2D eigenvalue weighted by Crippen LogP contribution is -2.37. The van der Waals surface area contributed by atoms with Crippen LogP contribution in [0, 0.1) is 5.41 Å². The van der Waals surface area contributed by atoms with Gasteiger partial charge in [-0.2, -0.15) is 0 Å². The van der Waals surface area contributed by atoms with Gasteiger partial charge in [-0.1, -0.05) is 20.3 Å². The smallest absolute Gasteiger partial charge is 0.225 e. The van der Waals surface area contributed by atoms with Crippen molar-refractivity contribution in [3.63, 3.8) is 0 Å². The molecule has 0 spiro atoms. The van der Waals surface area contributed by atoms with Gasteiger partial charge in [0.05, 0.1) is 0 Å². The molecule has 0 aliphatic heterocycles. The summed E-state index contributed by atoms with van der Waals surface area (Å²) in [7, 11) is 2.02. The first-order chi connectivity index (χ1) is 8.52. The van der Waals surface area contributed by atoms with Crippen LogP contribution in [0.15, 0.2) is 12.4 Å². The maximum atomic E-state index is 5.75. The fourth-order valence-electron chi connectivity index (χ4n) is 2.26. The second-order valence-corrected chi connectivity index (χ2v) is 6.17. The van der Waals surface area contributed by atoms with Gasteiger partial charge in [0.15, 0.2) is 0 Å². The van der Waals surface area contributed by atoms with Gasteiger partial charge in [-0.05, 0) is 36.3 Å². The van der Waals surface area contributed by atoms with Gasteiger partial charge in [0.2, 0.25) is 5.95 Å². The van der Waals surface area contributed by atoms with Crippen LogP contribution in [0.4, 0.5) is 5.95 Å². The van der Waals surface area contributed by atoms with E-state index in [0.717, 1.165) is 12.5 Å². The number of anilines is 1. The highest BCUT2D eigenvalue weighted by Gasteiger charge is 2.22. The predicted octanol–water partition coefficient (Wildman–Crippen LogP) is 2.17. The van der Waals surface area contributed by atoms with E-state index in [1.54, 1.807) is 0 Å². The summed E-state index contributed by atoms with van der Waals surface area (Å²) in [6.07, 6.45) is 7.89. The Labute approximate surface area is 110 Å². The molecule has 1 heterocycles. The van der Waals surface area contributed by atoms with Gasteiger partial charge in [0, 0.05) is 26.0 Å². The second-order valence-electron chi connectivity index (χ2n) is 6.17. The highest BCUT2D eigenvalue weighted by molar-refractivity contribution is 5.30. The van der Waals surface area contributed by atoms with E-state index in [0.29, 0.717) is 12.5 Å². The predicted molar refractivity (Wildman–Crippen MR) is 74.7 cm³/mol. The number of aromatic nitrogens is 2. The highest BCUT2D eigenvalue weighted by atomic mass is 15.2. The van der Waals surface area contributed by atoms with E-state index in [-0.39, 0.29) is 5.41 Å². The summed E-state index contributed by atoms with van der Waals surface area (Å²) in [5, 5.41) is 0. The van der Waals surface area contributed by atoms with Crippen molar-refractivity contribution in [1.29, 1.82) is 0 Å². The zero-order valence-corrected chi connectivity index (χ0v) is 11.7. The number of hydrogen-bond acceptors (Lipinski definition) is 4. The molecule has 18 heavy (non-hydrogen) atoms. The van der Waals surface area contributed by atoms with Crippen molar-refractivity contribution in [3.05, 3.63) is 18.0 Å². The van der Waals surface area contributed by atoms with E-state index in [2.05, 4.69) is 28.7 Å². The Kier molecular flexibility index (Phi) is 3.85. The fraction of sp³-hybridized carbons (Fsp3) is 0.714. The van der Waals surface area contributed by atoms with Crippen LogP contribution in [0.25, 0.3) is 0 Å². The molecule has 0 aromatic carbocycles. The number of hydrogen-bond donors (Lipinski definition) is 1. The topological polar surface area (TPSA) is 55.0 Å². The van der Waals surface area contributed by atoms with E-state index in [4.69, 9.17) is 5.73 Å². The molecular formula is C14H24N4. The highest BCUT2D eigenvalue weighted by Crippen LogP contribution is 2.35. The molecule has 2 N–H and O–H groups in total. The van der Waals surface area contributed by atoms with Gasteiger partial charge < -0.3 is 10.6 Å². The Morgan fingerprint density at radius 1 is 1.33 bits per heavy atom. The van der Waals surface area contributed by atoms with Gasteiger partial charge in [-0.3, -0.25) is 0 Å². The van der Waals surface area contributed by atoms with Crippen LogP contribution < -0.4 is 10.6 Å². The van der Waals surface area contributed by atoms with Gasteiger partial charge in [-0.15, -0.1) is 0 Å². The van der Waals surface area contributed by atoms with E-state index >= 15 is 0 Å². The minimum atomic E-state index is 0.0880. The molecule has 2 rings (SSSR count). The van der Waals surface area contributed by atoms with Crippen LogP contribution in [-0.2, 0) is 0 Å². The molecule has 0 unspecified atom stereocenters.